The van der Waals surface area contributed by atoms with E-state index >= 15 is 0 Å². The second-order valence-electron chi connectivity index (χ2n) is 4.27. The minimum Gasteiger partial charge on any atom is -0.382 e. The van der Waals surface area contributed by atoms with Crippen LogP contribution in [0.15, 0.2) is 4.99 Å². The molecule has 1 N–H and O–H groups in total. The third-order valence-corrected chi connectivity index (χ3v) is 2.93. The monoisotopic (exact) mass is 253 g/mol. The van der Waals surface area contributed by atoms with E-state index in [0.29, 0.717) is 25.7 Å². The van der Waals surface area contributed by atoms with Crippen LogP contribution in [0.4, 0.5) is 0 Å². The summed E-state index contributed by atoms with van der Waals surface area (Å²) in [7, 11) is 3.46. The zero-order chi connectivity index (χ0) is 13.2. The number of hydrogen-bond acceptors (Lipinski definition) is 3. The van der Waals surface area contributed by atoms with Crippen LogP contribution in [-0.2, 0) is 9.47 Å². The lowest BCUT2D eigenvalue weighted by molar-refractivity contribution is 0.0536. The Bertz CT molecular complexity index is 299. The molecule has 0 spiro atoms. The van der Waals surface area contributed by atoms with E-state index in [1.165, 1.54) is 0 Å². The van der Waals surface area contributed by atoms with Gasteiger partial charge in [-0.1, -0.05) is 5.92 Å². The van der Waals surface area contributed by atoms with Crippen molar-refractivity contribution < 1.29 is 9.47 Å². The molecule has 0 saturated carbocycles. The highest BCUT2D eigenvalue weighted by Crippen LogP contribution is 2.16. The fourth-order valence-electron chi connectivity index (χ4n) is 2.02. The predicted molar refractivity (Wildman–Crippen MR) is 72.6 cm³/mol. The summed E-state index contributed by atoms with van der Waals surface area (Å²) in [5.74, 6) is 4.00. The minimum atomic E-state index is 0.512. The second kappa shape index (κ2) is 8.78. The van der Waals surface area contributed by atoms with Crippen LogP contribution in [0.25, 0.3) is 0 Å². The fourth-order valence-corrected chi connectivity index (χ4v) is 2.02. The number of methoxy groups -OCH3 is 1. The van der Waals surface area contributed by atoms with Crippen molar-refractivity contribution in [2.45, 2.75) is 6.42 Å². The van der Waals surface area contributed by atoms with Crippen LogP contribution in [0, 0.1) is 18.3 Å². The average molecular weight is 253 g/mol. The van der Waals surface area contributed by atoms with Crippen LogP contribution >= 0.6 is 0 Å². The SMILES string of the molecule is C#CCNC(=NC)N1CCC(COCCOC)C1. The van der Waals surface area contributed by atoms with Gasteiger partial charge >= 0.3 is 0 Å². The molecule has 5 heteroatoms. The molecule has 0 amide bonds. The highest BCUT2D eigenvalue weighted by molar-refractivity contribution is 5.80. The topological polar surface area (TPSA) is 46.1 Å². The highest BCUT2D eigenvalue weighted by Gasteiger charge is 2.24. The Kier molecular flexibility index (Phi) is 7.23. The van der Waals surface area contributed by atoms with Gasteiger partial charge in [0.05, 0.1) is 26.4 Å². The Labute approximate surface area is 110 Å². The van der Waals surface area contributed by atoms with E-state index in [2.05, 4.69) is 21.1 Å². The number of nitrogens with zero attached hydrogens (tertiary/aromatic N) is 2. The van der Waals surface area contributed by atoms with Crippen LogP contribution < -0.4 is 5.32 Å². The van der Waals surface area contributed by atoms with Crippen molar-refractivity contribution in [3.63, 3.8) is 0 Å². The summed E-state index contributed by atoms with van der Waals surface area (Å²) in [5.41, 5.74) is 0. The molecule has 0 radical (unpaired) electrons. The Morgan fingerprint density at radius 2 is 2.39 bits per heavy atom. The molecular weight excluding hydrogens is 230 g/mol. The summed E-state index contributed by atoms with van der Waals surface area (Å²) in [4.78, 5) is 6.45. The van der Waals surface area contributed by atoms with Gasteiger partial charge in [0.1, 0.15) is 0 Å². The number of aliphatic imine (C=N–C) groups is 1. The van der Waals surface area contributed by atoms with Crippen molar-refractivity contribution in [1.29, 1.82) is 0 Å². The highest BCUT2D eigenvalue weighted by atomic mass is 16.5. The third kappa shape index (κ3) is 4.94. The van der Waals surface area contributed by atoms with Gasteiger partial charge in [0, 0.05) is 33.2 Å². The molecule has 0 bridgehead atoms. The zero-order valence-corrected chi connectivity index (χ0v) is 11.3. The van der Waals surface area contributed by atoms with E-state index in [1.807, 2.05) is 0 Å². The lowest BCUT2D eigenvalue weighted by Crippen LogP contribution is -2.40. The number of rotatable bonds is 6. The molecule has 102 valence electrons. The van der Waals surface area contributed by atoms with E-state index in [4.69, 9.17) is 15.9 Å². The largest absolute Gasteiger partial charge is 0.382 e. The lowest BCUT2D eigenvalue weighted by atomic mass is 10.1. The lowest BCUT2D eigenvalue weighted by Gasteiger charge is -2.20. The van der Waals surface area contributed by atoms with Gasteiger partial charge < -0.3 is 19.7 Å². The summed E-state index contributed by atoms with van der Waals surface area (Å²) >= 11 is 0. The standard InChI is InChI=1S/C13H23N3O2/c1-4-6-15-13(14-2)16-7-5-12(10-16)11-18-9-8-17-3/h1,12H,5-11H2,2-3H3,(H,14,15). The predicted octanol–water partition coefficient (Wildman–Crippen LogP) is 0.180. The maximum absolute atomic E-state index is 5.56. The molecule has 0 aliphatic carbocycles. The summed E-state index contributed by atoms with van der Waals surface area (Å²) in [6.07, 6.45) is 6.36. The normalized spacial score (nSPS) is 19.9. The maximum atomic E-state index is 5.56. The van der Waals surface area contributed by atoms with Gasteiger partial charge in [-0.15, -0.1) is 6.42 Å². The van der Waals surface area contributed by atoms with Crippen molar-refractivity contribution in [1.82, 2.24) is 10.2 Å². The van der Waals surface area contributed by atoms with Crippen LogP contribution in [0.2, 0.25) is 0 Å². The molecule has 1 fully saturated rings. The Morgan fingerprint density at radius 1 is 1.56 bits per heavy atom. The zero-order valence-electron chi connectivity index (χ0n) is 11.3. The van der Waals surface area contributed by atoms with Crippen molar-refractivity contribution in [2.75, 3.05) is 53.6 Å². The van der Waals surface area contributed by atoms with Crippen LogP contribution in [0.3, 0.4) is 0 Å². The van der Waals surface area contributed by atoms with Crippen LogP contribution in [0.5, 0.6) is 0 Å². The molecule has 1 rings (SSSR count). The summed E-state index contributed by atoms with van der Waals surface area (Å²) in [6, 6.07) is 0. The number of nitrogens with one attached hydrogen (secondary N) is 1. The van der Waals surface area contributed by atoms with Crippen LogP contribution in [0.1, 0.15) is 6.42 Å². The Morgan fingerprint density at radius 3 is 3.06 bits per heavy atom. The first-order valence-electron chi connectivity index (χ1n) is 6.27. The summed E-state index contributed by atoms with van der Waals surface area (Å²) < 4.78 is 10.5. The number of ether oxygens (including phenoxy) is 2. The first-order valence-corrected chi connectivity index (χ1v) is 6.27. The van der Waals surface area contributed by atoms with E-state index in [0.717, 1.165) is 32.1 Å². The quantitative estimate of drug-likeness (QED) is 0.317. The van der Waals surface area contributed by atoms with Crippen molar-refractivity contribution in [2.24, 2.45) is 10.9 Å². The number of hydrogen-bond donors (Lipinski definition) is 1. The van der Waals surface area contributed by atoms with Gasteiger partial charge in [0.25, 0.3) is 0 Å². The molecule has 1 saturated heterocycles. The molecule has 0 aromatic carbocycles. The molecule has 18 heavy (non-hydrogen) atoms. The van der Waals surface area contributed by atoms with Gasteiger partial charge in [0.15, 0.2) is 5.96 Å². The number of likely N-dealkylation sites (tertiary alicyclic amines) is 1. The van der Waals surface area contributed by atoms with Gasteiger partial charge in [0.2, 0.25) is 0 Å². The molecule has 1 heterocycles. The smallest absolute Gasteiger partial charge is 0.194 e. The molecular formula is C13H23N3O2. The average Bonchev–Trinajstić information content (AvgIpc) is 2.84. The Balaban J connectivity index is 2.25. The van der Waals surface area contributed by atoms with E-state index in [1.54, 1.807) is 14.2 Å². The van der Waals surface area contributed by atoms with E-state index < -0.39 is 0 Å². The first kappa shape index (κ1) is 14.8. The summed E-state index contributed by atoms with van der Waals surface area (Å²) in [5, 5.41) is 3.14. The maximum Gasteiger partial charge on any atom is 0.194 e. The first-order chi connectivity index (χ1) is 8.81. The number of guanidine groups is 1. The van der Waals surface area contributed by atoms with E-state index in [9.17, 15) is 0 Å². The molecule has 1 unspecified atom stereocenters. The second-order valence-corrected chi connectivity index (χ2v) is 4.27. The van der Waals surface area contributed by atoms with Gasteiger partial charge in [-0.3, -0.25) is 4.99 Å². The van der Waals surface area contributed by atoms with Gasteiger partial charge in [-0.2, -0.15) is 0 Å². The molecule has 1 atom stereocenters. The van der Waals surface area contributed by atoms with Gasteiger partial charge in [-0.25, -0.2) is 0 Å². The van der Waals surface area contributed by atoms with E-state index in [-0.39, 0.29) is 0 Å². The van der Waals surface area contributed by atoms with Gasteiger partial charge in [-0.05, 0) is 6.42 Å². The third-order valence-electron chi connectivity index (χ3n) is 2.93. The van der Waals surface area contributed by atoms with Crippen LogP contribution in [-0.4, -0.2) is 64.5 Å². The molecule has 1 aliphatic rings. The fraction of sp³-hybridized carbons (Fsp3) is 0.769. The molecule has 5 nitrogen and oxygen atoms in total. The van der Waals surface area contributed by atoms with Crippen molar-refractivity contribution in [3.05, 3.63) is 0 Å². The molecule has 0 aromatic heterocycles. The Hall–Kier alpha value is -1.25. The number of terminal acetylenes is 1. The van der Waals surface area contributed by atoms with Crippen molar-refractivity contribution >= 4 is 5.96 Å². The summed E-state index contributed by atoms with van der Waals surface area (Å²) in [6.45, 7) is 4.59. The minimum absolute atomic E-state index is 0.512. The molecule has 0 aromatic rings. The molecule has 1 aliphatic heterocycles. The van der Waals surface area contributed by atoms with Crippen molar-refractivity contribution in [3.8, 4) is 12.3 Å².